The van der Waals surface area contributed by atoms with Gasteiger partial charge in [0.15, 0.2) is 5.69 Å². The number of thiazole rings is 1. The van der Waals surface area contributed by atoms with Crippen molar-refractivity contribution in [1.82, 2.24) is 14.5 Å². The van der Waals surface area contributed by atoms with Crippen LogP contribution in [0.2, 0.25) is 0 Å². The molecule has 5 nitrogen and oxygen atoms in total. The molecule has 23 heavy (non-hydrogen) atoms. The van der Waals surface area contributed by atoms with Crippen molar-refractivity contribution in [2.45, 2.75) is 40.2 Å². The lowest BCUT2D eigenvalue weighted by molar-refractivity contribution is 0.0691. The summed E-state index contributed by atoms with van der Waals surface area (Å²) >= 11 is 1.37. The molecule has 0 bridgehead atoms. The number of benzene rings is 1. The molecule has 0 spiro atoms. The summed E-state index contributed by atoms with van der Waals surface area (Å²) in [4.78, 5) is 20.0. The molecule has 3 rings (SSSR count). The molecule has 0 fully saturated rings. The monoisotopic (exact) mass is 329 g/mol. The Kier molecular flexibility index (Phi) is 3.93. The molecule has 6 heteroatoms. The van der Waals surface area contributed by atoms with Gasteiger partial charge in [-0.2, -0.15) is 0 Å². The maximum absolute atomic E-state index is 11.0. The van der Waals surface area contributed by atoms with Crippen LogP contribution < -0.4 is 0 Å². The van der Waals surface area contributed by atoms with Crippen LogP contribution in [-0.2, 0) is 6.54 Å². The first kappa shape index (κ1) is 15.7. The summed E-state index contributed by atoms with van der Waals surface area (Å²) in [6.07, 6.45) is 0. The van der Waals surface area contributed by atoms with E-state index in [-0.39, 0.29) is 11.6 Å². The van der Waals surface area contributed by atoms with Crippen LogP contribution in [0.4, 0.5) is 0 Å². The zero-order valence-corrected chi connectivity index (χ0v) is 14.4. The average molecular weight is 329 g/mol. The van der Waals surface area contributed by atoms with E-state index in [1.807, 2.05) is 0 Å². The van der Waals surface area contributed by atoms with Gasteiger partial charge >= 0.3 is 5.97 Å². The fraction of sp³-hybridized carbons (Fsp3) is 0.353. The Morgan fingerprint density at radius 2 is 1.96 bits per heavy atom. The van der Waals surface area contributed by atoms with Crippen molar-refractivity contribution in [3.05, 3.63) is 45.2 Å². The second-order valence-corrected chi connectivity index (χ2v) is 7.01. The molecule has 2 heterocycles. The van der Waals surface area contributed by atoms with E-state index in [9.17, 15) is 4.79 Å². The fourth-order valence-corrected chi connectivity index (χ4v) is 3.38. The largest absolute Gasteiger partial charge is 0.476 e. The highest BCUT2D eigenvalue weighted by molar-refractivity contribution is 7.09. The third-order valence-corrected chi connectivity index (χ3v) is 4.81. The molecule has 0 atom stereocenters. The Morgan fingerprint density at radius 1 is 1.26 bits per heavy atom. The summed E-state index contributed by atoms with van der Waals surface area (Å²) in [6.45, 7) is 8.95. The first-order valence-corrected chi connectivity index (χ1v) is 8.40. The summed E-state index contributed by atoms with van der Waals surface area (Å²) in [5.74, 6) is 0.289. The number of hydrogen-bond donors (Lipinski definition) is 1. The lowest BCUT2D eigenvalue weighted by atomic mass is 10.1. The van der Waals surface area contributed by atoms with Gasteiger partial charge in [0.2, 0.25) is 0 Å². The summed E-state index contributed by atoms with van der Waals surface area (Å²) < 4.78 is 2.15. The molecule has 3 aromatic rings. The highest BCUT2D eigenvalue weighted by Gasteiger charge is 2.17. The summed E-state index contributed by atoms with van der Waals surface area (Å²) in [6, 6.07) is 4.26. The highest BCUT2D eigenvalue weighted by atomic mass is 32.1. The Hall–Kier alpha value is -2.21. The lowest BCUT2D eigenvalue weighted by Crippen LogP contribution is -2.07. The Morgan fingerprint density at radius 3 is 2.57 bits per heavy atom. The van der Waals surface area contributed by atoms with E-state index in [1.165, 1.54) is 22.5 Å². The van der Waals surface area contributed by atoms with Crippen molar-refractivity contribution in [2.75, 3.05) is 0 Å². The van der Waals surface area contributed by atoms with Crippen LogP contribution in [0.25, 0.3) is 11.0 Å². The number of aromatic carboxylic acids is 1. The molecule has 0 unspecified atom stereocenters. The van der Waals surface area contributed by atoms with E-state index >= 15 is 0 Å². The second kappa shape index (κ2) is 5.77. The van der Waals surface area contributed by atoms with Gasteiger partial charge in [0.1, 0.15) is 10.8 Å². The number of carbonyl (C=O) groups is 1. The van der Waals surface area contributed by atoms with E-state index in [0.29, 0.717) is 6.54 Å². The molecule has 120 valence electrons. The van der Waals surface area contributed by atoms with Gasteiger partial charge in [-0.05, 0) is 37.1 Å². The number of rotatable bonds is 4. The number of aryl methyl sites for hydroxylation is 2. The SMILES string of the molecule is Cc1cc2nc(C(C)C)n(Cc3nc(C(=O)O)cs3)c2cc1C. The summed E-state index contributed by atoms with van der Waals surface area (Å²) in [5.41, 5.74) is 4.60. The third-order valence-electron chi connectivity index (χ3n) is 3.97. The number of carboxylic acid groups (broad SMARTS) is 1. The third kappa shape index (κ3) is 2.86. The van der Waals surface area contributed by atoms with Crippen LogP contribution >= 0.6 is 11.3 Å². The van der Waals surface area contributed by atoms with Crippen molar-refractivity contribution in [2.24, 2.45) is 0 Å². The van der Waals surface area contributed by atoms with E-state index < -0.39 is 5.97 Å². The summed E-state index contributed by atoms with van der Waals surface area (Å²) in [5, 5.41) is 11.4. The number of imidazole rings is 1. The molecule has 0 saturated heterocycles. The van der Waals surface area contributed by atoms with E-state index in [4.69, 9.17) is 10.1 Å². The van der Waals surface area contributed by atoms with Crippen molar-refractivity contribution < 1.29 is 9.90 Å². The smallest absolute Gasteiger partial charge is 0.355 e. The molecule has 0 aliphatic heterocycles. The molecule has 0 amide bonds. The van der Waals surface area contributed by atoms with Crippen LogP contribution in [0.1, 0.15) is 52.2 Å². The van der Waals surface area contributed by atoms with Crippen molar-refractivity contribution in [3.8, 4) is 0 Å². The van der Waals surface area contributed by atoms with Gasteiger partial charge in [0.05, 0.1) is 17.6 Å². The molecular formula is C17H19N3O2S. The average Bonchev–Trinajstić information content (AvgIpc) is 3.06. The zero-order chi connectivity index (χ0) is 16.7. The van der Waals surface area contributed by atoms with Crippen molar-refractivity contribution >= 4 is 28.3 Å². The number of carboxylic acids is 1. The van der Waals surface area contributed by atoms with Crippen LogP contribution in [-0.4, -0.2) is 25.6 Å². The quantitative estimate of drug-likeness (QED) is 0.786. The molecule has 0 aliphatic carbocycles. The van der Waals surface area contributed by atoms with Gasteiger partial charge in [-0.25, -0.2) is 14.8 Å². The minimum absolute atomic E-state index is 0.104. The number of aromatic nitrogens is 3. The molecule has 1 N–H and O–H groups in total. The zero-order valence-electron chi connectivity index (χ0n) is 13.6. The first-order valence-electron chi connectivity index (χ1n) is 7.52. The van der Waals surface area contributed by atoms with Crippen LogP contribution in [0.5, 0.6) is 0 Å². The van der Waals surface area contributed by atoms with Gasteiger partial charge in [-0.15, -0.1) is 11.3 Å². The predicted octanol–water partition coefficient (Wildman–Crippen LogP) is 3.98. The Balaban J connectivity index is 2.11. The molecule has 0 aliphatic rings. The van der Waals surface area contributed by atoms with Gasteiger partial charge in [-0.3, -0.25) is 0 Å². The van der Waals surface area contributed by atoms with Crippen molar-refractivity contribution in [3.63, 3.8) is 0 Å². The van der Waals surface area contributed by atoms with Gasteiger partial charge in [0.25, 0.3) is 0 Å². The van der Waals surface area contributed by atoms with E-state index in [1.54, 1.807) is 5.38 Å². The van der Waals surface area contributed by atoms with Crippen LogP contribution in [0.3, 0.4) is 0 Å². The van der Waals surface area contributed by atoms with Crippen molar-refractivity contribution in [1.29, 1.82) is 0 Å². The molecule has 0 saturated carbocycles. The number of nitrogens with zero attached hydrogens (tertiary/aromatic N) is 3. The fourth-order valence-electron chi connectivity index (χ4n) is 2.62. The maximum Gasteiger partial charge on any atom is 0.355 e. The van der Waals surface area contributed by atoms with E-state index in [0.717, 1.165) is 21.9 Å². The Labute approximate surface area is 138 Å². The van der Waals surface area contributed by atoms with Crippen LogP contribution in [0, 0.1) is 13.8 Å². The highest BCUT2D eigenvalue weighted by Crippen LogP contribution is 2.26. The maximum atomic E-state index is 11.0. The van der Waals surface area contributed by atoms with Gasteiger partial charge in [-0.1, -0.05) is 13.8 Å². The minimum Gasteiger partial charge on any atom is -0.476 e. The standard InChI is InChI=1S/C17H19N3O2S/c1-9(2)16-19-12-5-10(3)11(4)6-14(12)20(16)7-15-18-13(8-23-15)17(21)22/h5-6,8-9H,7H2,1-4H3,(H,21,22). The molecular weight excluding hydrogens is 310 g/mol. The molecule has 2 aromatic heterocycles. The molecule has 0 radical (unpaired) electrons. The van der Waals surface area contributed by atoms with Gasteiger partial charge < -0.3 is 9.67 Å². The van der Waals surface area contributed by atoms with Gasteiger partial charge in [0, 0.05) is 11.3 Å². The van der Waals surface area contributed by atoms with E-state index in [2.05, 4.69) is 49.4 Å². The lowest BCUT2D eigenvalue weighted by Gasteiger charge is -2.10. The van der Waals surface area contributed by atoms with Crippen LogP contribution in [0.15, 0.2) is 17.5 Å². The number of hydrogen-bond acceptors (Lipinski definition) is 4. The Bertz CT molecular complexity index is 893. The minimum atomic E-state index is -0.987. The second-order valence-electron chi connectivity index (χ2n) is 6.07. The topological polar surface area (TPSA) is 68.0 Å². The molecule has 1 aromatic carbocycles. The normalized spacial score (nSPS) is 11.5. The predicted molar refractivity (Wildman–Crippen MR) is 91.5 cm³/mol. The number of fused-ring (bicyclic) bond motifs is 1. The summed E-state index contributed by atoms with van der Waals surface area (Å²) in [7, 11) is 0. The first-order chi connectivity index (χ1) is 10.9.